The van der Waals surface area contributed by atoms with E-state index < -0.39 is 30.5 Å². The number of carbonyl (C=O) groups excluding carboxylic acids is 1. The molecule has 6 rings (SSSR count). The molecule has 2 heterocycles. The van der Waals surface area contributed by atoms with E-state index in [1.807, 2.05) is 24.3 Å². The van der Waals surface area contributed by atoms with Crippen molar-refractivity contribution in [1.29, 1.82) is 0 Å². The van der Waals surface area contributed by atoms with Crippen LogP contribution in [0.2, 0.25) is 0 Å². The number of nitrogens with zero attached hydrogens (tertiary/aromatic N) is 2. The summed E-state index contributed by atoms with van der Waals surface area (Å²) < 4.78 is 12.8. The molecule has 0 saturated heterocycles. The third kappa shape index (κ3) is 6.08. The van der Waals surface area contributed by atoms with Crippen LogP contribution in [0.4, 0.5) is 0 Å². The summed E-state index contributed by atoms with van der Waals surface area (Å²) in [5, 5.41) is 23.1. The number of fused-ring (bicyclic) bond motifs is 2. The van der Waals surface area contributed by atoms with Gasteiger partial charge in [0, 0.05) is 18.0 Å². The summed E-state index contributed by atoms with van der Waals surface area (Å²) in [6.45, 7) is -0.440. The molecule has 0 bridgehead atoms. The number of hydrogen-bond acceptors (Lipinski definition) is 6. The zero-order chi connectivity index (χ0) is 29.9. The van der Waals surface area contributed by atoms with E-state index in [-0.39, 0.29) is 6.42 Å². The largest absolute Gasteiger partial charge is 0.482 e. The third-order valence-electron chi connectivity index (χ3n) is 7.95. The van der Waals surface area contributed by atoms with Gasteiger partial charge in [0.15, 0.2) is 6.61 Å². The van der Waals surface area contributed by atoms with Crippen molar-refractivity contribution in [1.82, 2.24) is 14.9 Å². The quantitative estimate of drug-likeness (QED) is 0.187. The molecule has 3 aromatic carbocycles. The van der Waals surface area contributed by atoms with Crippen molar-refractivity contribution in [2.75, 3.05) is 6.61 Å². The number of hydrogen-bond donors (Lipinski definition) is 3. The maximum Gasteiger partial charge on any atom is 0.341 e. The minimum atomic E-state index is -1.15. The Hall–Kier alpha value is -5.12. The van der Waals surface area contributed by atoms with E-state index in [1.54, 1.807) is 48.9 Å². The molecule has 2 aromatic heterocycles. The first-order chi connectivity index (χ1) is 20.9. The number of carboxylic acids is 2. The fourth-order valence-corrected chi connectivity index (χ4v) is 5.86. The normalized spacial score (nSPS) is 14.5. The monoisotopic (exact) mass is 581 g/mol. The van der Waals surface area contributed by atoms with Crippen LogP contribution in [-0.2, 0) is 16.0 Å². The van der Waals surface area contributed by atoms with E-state index >= 15 is 0 Å². The second-order valence-electron chi connectivity index (χ2n) is 10.9. The molecule has 5 aromatic rings. The topological polar surface area (TPSA) is 144 Å². The zero-order valence-electron chi connectivity index (χ0n) is 23.4. The molecule has 1 aliphatic rings. The number of nitrogens with one attached hydrogen (secondary N) is 1. The van der Waals surface area contributed by atoms with Crippen LogP contribution in [0.25, 0.3) is 33.2 Å². The maximum absolute atomic E-state index is 13.3. The highest BCUT2D eigenvalue weighted by atomic mass is 16.5. The Labute approximate surface area is 246 Å². The summed E-state index contributed by atoms with van der Waals surface area (Å²) >= 11 is 0. The molecule has 10 heteroatoms. The van der Waals surface area contributed by atoms with Gasteiger partial charge in [0.05, 0.1) is 22.9 Å². The number of aromatic nitrogens is 2. The first kappa shape index (κ1) is 28.0. The lowest BCUT2D eigenvalue weighted by molar-refractivity contribution is -0.140. The van der Waals surface area contributed by atoms with Crippen LogP contribution in [0.15, 0.2) is 77.6 Å². The summed E-state index contributed by atoms with van der Waals surface area (Å²) in [5.41, 5.74) is 3.53. The number of amides is 1. The number of imidazole rings is 1. The number of ether oxygens (including phenoxy) is 1. The number of aliphatic carboxylic acids is 2. The van der Waals surface area contributed by atoms with Crippen LogP contribution in [0, 0.1) is 0 Å². The molecule has 0 spiro atoms. The summed E-state index contributed by atoms with van der Waals surface area (Å²) in [6, 6.07) is 17.0. The van der Waals surface area contributed by atoms with Crippen LogP contribution in [0.3, 0.4) is 0 Å². The molecule has 1 fully saturated rings. The molecule has 10 nitrogen and oxygen atoms in total. The van der Waals surface area contributed by atoms with Crippen LogP contribution in [0.1, 0.15) is 54.1 Å². The predicted molar refractivity (Wildman–Crippen MR) is 159 cm³/mol. The Morgan fingerprint density at radius 2 is 1.77 bits per heavy atom. The van der Waals surface area contributed by atoms with Crippen molar-refractivity contribution in [2.45, 2.75) is 50.6 Å². The lowest BCUT2D eigenvalue weighted by Gasteiger charge is -2.25. The molecular weight excluding hydrogens is 550 g/mol. The Bertz CT molecular complexity index is 1800. The second kappa shape index (κ2) is 12.0. The molecule has 1 unspecified atom stereocenters. The van der Waals surface area contributed by atoms with Gasteiger partial charge in [-0.1, -0.05) is 43.5 Å². The molecule has 1 amide bonds. The van der Waals surface area contributed by atoms with Crippen LogP contribution in [-0.4, -0.2) is 50.3 Å². The maximum atomic E-state index is 13.3. The fourth-order valence-electron chi connectivity index (χ4n) is 5.86. The predicted octanol–water partition coefficient (Wildman–Crippen LogP) is 5.84. The van der Waals surface area contributed by atoms with E-state index in [2.05, 4.69) is 9.88 Å². The van der Waals surface area contributed by atoms with Gasteiger partial charge in [-0.2, -0.15) is 0 Å². The Balaban J connectivity index is 1.22. The SMILES string of the molecule is O=C(O)COc1ccc2cc(CC(NC(=O)c3ccc4c(c3)nc(-c3ccoc3)n4C3CCCCC3)C(=O)O)ccc2c1. The van der Waals surface area contributed by atoms with E-state index in [1.165, 1.54) is 6.42 Å². The molecule has 3 N–H and O–H groups in total. The summed E-state index contributed by atoms with van der Waals surface area (Å²) in [5.74, 6) is -1.47. The zero-order valence-corrected chi connectivity index (χ0v) is 23.4. The van der Waals surface area contributed by atoms with E-state index in [9.17, 15) is 19.5 Å². The third-order valence-corrected chi connectivity index (χ3v) is 7.95. The van der Waals surface area contributed by atoms with Crippen molar-refractivity contribution >= 4 is 39.7 Å². The van der Waals surface area contributed by atoms with Crippen molar-refractivity contribution < 1.29 is 33.8 Å². The fraction of sp³-hybridized carbons (Fsp3) is 0.273. The molecule has 1 saturated carbocycles. The summed E-state index contributed by atoms with van der Waals surface area (Å²) in [6.07, 6.45) is 9.04. The Kier molecular flexibility index (Phi) is 7.83. The lowest BCUT2D eigenvalue weighted by atomic mass is 9.95. The van der Waals surface area contributed by atoms with Crippen LogP contribution >= 0.6 is 0 Å². The Morgan fingerprint density at radius 1 is 0.977 bits per heavy atom. The van der Waals surface area contributed by atoms with Gasteiger partial charge in [0.25, 0.3) is 5.91 Å². The highest BCUT2D eigenvalue weighted by molar-refractivity contribution is 5.99. The van der Waals surface area contributed by atoms with Crippen molar-refractivity contribution in [3.8, 4) is 17.1 Å². The van der Waals surface area contributed by atoms with Gasteiger partial charge in [-0.25, -0.2) is 14.6 Å². The van der Waals surface area contributed by atoms with Gasteiger partial charge < -0.3 is 29.3 Å². The molecule has 1 atom stereocenters. The first-order valence-electron chi connectivity index (χ1n) is 14.3. The average molecular weight is 582 g/mol. The molecule has 0 aliphatic heterocycles. The molecule has 220 valence electrons. The number of rotatable bonds is 10. The first-order valence-corrected chi connectivity index (χ1v) is 14.3. The summed E-state index contributed by atoms with van der Waals surface area (Å²) in [7, 11) is 0. The minimum absolute atomic E-state index is 0.0808. The van der Waals surface area contributed by atoms with Gasteiger partial charge in [-0.05, 0) is 65.6 Å². The van der Waals surface area contributed by atoms with Gasteiger partial charge in [-0.15, -0.1) is 0 Å². The number of benzene rings is 3. The smallest absolute Gasteiger partial charge is 0.341 e. The molecule has 0 radical (unpaired) electrons. The van der Waals surface area contributed by atoms with Crippen molar-refractivity contribution in [3.63, 3.8) is 0 Å². The summed E-state index contributed by atoms with van der Waals surface area (Å²) in [4.78, 5) is 41.1. The van der Waals surface area contributed by atoms with E-state index in [0.29, 0.717) is 22.9 Å². The lowest BCUT2D eigenvalue weighted by Crippen LogP contribution is -2.42. The molecule has 1 aliphatic carbocycles. The van der Waals surface area contributed by atoms with Gasteiger partial charge in [0.2, 0.25) is 0 Å². The highest BCUT2D eigenvalue weighted by Crippen LogP contribution is 2.36. The molecular formula is C33H31N3O7. The van der Waals surface area contributed by atoms with E-state index in [0.717, 1.165) is 58.9 Å². The van der Waals surface area contributed by atoms with Gasteiger partial charge in [0.1, 0.15) is 23.9 Å². The average Bonchev–Trinajstić information content (AvgIpc) is 3.68. The second-order valence-corrected chi connectivity index (χ2v) is 10.9. The highest BCUT2D eigenvalue weighted by Gasteiger charge is 2.25. The van der Waals surface area contributed by atoms with E-state index in [4.69, 9.17) is 19.2 Å². The minimum Gasteiger partial charge on any atom is -0.482 e. The van der Waals surface area contributed by atoms with Crippen LogP contribution in [0.5, 0.6) is 5.75 Å². The number of carboxylic acid groups (broad SMARTS) is 2. The van der Waals surface area contributed by atoms with Crippen molar-refractivity contribution in [3.05, 3.63) is 84.3 Å². The van der Waals surface area contributed by atoms with Crippen LogP contribution < -0.4 is 10.1 Å². The van der Waals surface area contributed by atoms with Crippen molar-refractivity contribution in [2.24, 2.45) is 0 Å². The standard InChI is InChI=1S/C33H31N3O7/c37-30(38)19-43-26-10-8-21-14-20(6-7-22(21)16-26)15-28(33(40)41)35-32(39)23-9-11-29-27(17-23)34-31(24-12-13-42-18-24)36(29)25-4-2-1-3-5-25/h6-14,16-18,25,28H,1-5,15,19H2,(H,35,39)(H,37,38)(H,40,41). The number of carbonyl (C=O) groups is 3. The number of furan rings is 1. The molecule has 43 heavy (non-hydrogen) atoms. The Morgan fingerprint density at radius 3 is 2.51 bits per heavy atom. The van der Waals surface area contributed by atoms with Gasteiger partial charge >= 0.3 is 11.9 Å². The van der Waals surface area contributed by atoms with Gasteiger partial charge in [-0.3, -0.25) is 4.79 Å².